The topological polar surface area (TPSA) is 126 Å². The average molecular weight is 616 g/mol. The van der Waals surface area contributed by atoms with E-state index in [4.69, 9.17) is 20.3 Å². The average Bonchev–Trinajstić information content (AvgIpc) is 3.44. The number of likely N-dealkylation sites (tertiary alicyclic amines) is 1. The van der Waals surface area contributed by atoms with E-state index in [2.05, 4.69) is 54.5 Å². The molecule has 236 valence electrons. The number of nitrogens with zero attached hydrogens (tertiary/aromatic N) is 7. The maximum absolute atomic E-state index is 12.8. The van der Waals surface area contributed by atoms with Crippen molar-refractivity contribution in [3.63, 3.8) is 0 Å². The van der Waals surface area contributed by atoms with Gasteiger partial charge in [-0.1, -0.05) is 30.3 Å². The first kappa shape index (κ1) is 33.0. The lowest BCUT2D eigenvalue weighted by atomic mass is 10.0. The van der Waals surface area contributed by atoms with Crippen LogP contribution in [-0.4, -0.2) is 120 Å². The van der Waals surface area contributed by atoms with Gasteiger partial charge in [-0.05, 0) is 30.5 Å². The Labute approximate surface area is 260 Å². The first-order chi connectivity index (χ1) is 20.7. The van der Waals surface area contributed by atoms with Gasteiger partial charge in [-0.15, -0.1) is 27.7 Å². The second-order valence-electron chi connectivity index (χ2n) is 11.0. The number of nitrogens with one attached hydrogen (secondary N) is 1. The Morgan fingerprint density at radius 1 is 0.884 bits per heavy atom. The molecule has 3 aromatic rings. The number of carbonyl (C=O) groups excluding carboxylic acids is 1. The highest BCUT2D eigenvalue weighted by molar-refractivity contribution is 5.85. The highest BCUT2D eigenvalue weighted by Gasteiger charge is 2.22. The predicted molar refractivity (Wildman–Crippen MR) is 169 cm³/mol. The number of hydrogen-bond donors (Lipinski definition) is 2. The lowest BCUT2D eigenvalue weighted by molar-refractivity contribution is -0.122. The fourth-order valence-corrected chi connectivity index (χ4v) is 5.55. The number of halogens is 1. The SMILES string of the molecule is Cl.NCCOCCOCCN1CCN(c2ccc3nnc(CCC(=O)NC4CCN(Cc5ccccc5)CC4)n3n2)CC1. The molecule has 5 rings (SSSR count). The van der Waals surface area contributed by atoms with E-state index in [1.807, 2.05) is 18.2 Å². The van der Waals surface area contributed by atoms with E-state index in [0.717, 1.165) is 71.0 Å². The van der Waals surface area contributed by atoms with Crippen molar-refractivity contribution in [3.8, 4) is 0 Å². The minimum absolute atomic E-state index is 0. The van der Waals surface area contributed by atoms with Crippen LogP contribution in [0.1, 0.15) is 30.7 Å². The molecule has 0 aliphatic carbocycles. The summed E-state index contributed by atoms with van der Waals surface area (Å²) in [6.45, 7) is 10.5. The molecule has 1 amide bonds. The molecule has 2 fully saturated rings. The maximum atomic E-state index is 12.8. The van der Waals surface area contributed by atoms with Crippen LogP contribution in [0.4, 0.5) is 5.82 Å². The fraction of sp³-hybridized carbons (Fsp3) is 0.600. The highest BCUT2D eigenvalue weighted by Crippen LogP contribution is 2.17. The molecule has 2 aliphatic rings. The summed E-state index contributed by atoms with van der Waals surface area (Å²) in [6.07, 6.45) is 2.82. The number of ether oxygens (including phenoxy) is 2. The van der Waals surface area contributed by atoms with E-state index in [-0.39, 0.29) is 24.4 Å². The van der Waals surface area contributed by atoms with Crippen LogP contribution in [0.2, 0.25) is 0 Å². The van der Waals surface area contributed by atoms with Gasteiger partial charge in [-0.25, -0.2) is 0 Å². The van der Waals surface area contributed by atoms with Crippen LogP contribution in [0.15, 0.2) is 42.5 Å². The van der Waals surface area contributed by atoms with Gasteiger partial charge in [-0.3, -0.25) is 14.6 Å². The molecule has 0 radical (unpaired) electrons. The smallest absolute Gasteiger partial charge is 0.220 e. The minimum atomic E-state index is 0. The van der Waals surface area contributed by atoms with E-state index in [9.17, 15) is 4.79 Å². The number of anilines is 1. The summed E-state index contributed by atoms with van der Waals surface area (Å²) in [5.41, 5.74) is 7.45. The zero-order valence-corrected chi connectivity index (χ0v) is 25.8. The van der Waals surface area contributed by atoms with E-state index in [0.29, 0.717) is 57.3 Å². The number of amides is 1. The largest absolute Gasteiger partial charge is 0.378 e. The van der Waals surface area contributed by atoms with Crippen molar-refractivity contribution in [2.75, 3.05) is 83.7 Å². The van der Waals surface area contributed by atoms with E-state index in [1.165, 1.54) is 5.56 Å². The Bertz CT molecular complexity index is 1230. The quantitative estimate of drug-likeness (QED) is 0.242. The zero-order valence-electron chi connectivity index (χ0n) is 25.0. The van der Waals surface area contributed by atoms with Gasteiger partial charge in [0.2, 0.25) is 5.91 Å². The molecular weight excluding hydrogens is 570 g/mol. The third-order valence-corrected chi connectivity index (χ3v) is 7.97. The molecule has 1 aromatic carbocycles. The Hall–Kier alpha value is -2.87. The van der Waals surface area contributed by atoms with Gasteiger partial charge in [0.1, 0.15) is 5.82 Å². The summed E-state index contributed by atoms with van der Waals surface area (Å²) in [5.74, 6) is 1.68. The summed E-state index contributed by atoms with van der Waals surface area (Å²) in [4.78, 5) is 19.9. The third kappa shape index (κ3) is 10.1. The third-order valence-electron chi connectivity index (χ3n) is 7.97. The molecule has 13 heteroatoms. The van der Waals surface area contributed by atoms with Crippen LogP contribution in [0, 0.1) is 0 Å². The Morgan fingerprint density at radius 2 is 1.63 bits per heavy atom. The van der Waals surface area contributed by atoms with Crippen molar-refractivity contribution < 1.29 is 14.3 Å². The molecule has 12 nitrogen and oxygen atoms in total. The molecule has 43 heavy (non-hydrogen) atoms. The van der Waals surface area contributed by atoms with E-state index in [1.54, 1.807) is 4.52 Å². The van der Waals surface area contributed by atoms with E-state index >= 15 is 0 Å². The highest BCUT2D eigenvalue weighted by atomic mass is 35.5. The van der Waals surface area contributed by atoms with Gasteiger partial charge in [-0.2, -0.15) is 4.52 Å². The lowest BCUT2D eigenvalue weighted by Gasteiger charge is -2.35. The van der Waals surface area contributed by atoms with Crippen molar-refractivity contribution >= 4 is 29.8 Å². The molecule has 4 heterocycles. The van der Waals surface area contributed by atoms with Crippen LogP contribution >= 0.6 is 12.4 Å². The number of carbonyl (C=O) groups is 1. The number of piperazine rings is 1. The first-order valence-electron chi connectivity index (χ1n) is 15.3. The Morgan fingerprint density at radius 3 is 2.37 bits per heavy atom. The fourth-order valence-electron chi connectivity index (χ4n) is 5.55. The number of aromatic nitrogens is 4. The van der Waals surface area contributed by atoms with Crippen LogP contribution in [0.5, 0.6) is 0 Å². The van der Waals surface area contributed by atoms with E-state index < -0.39 is 0 Å². The lowest BCUT2D eigenvalue weighted by Crippen LogP contribution is -2.47. The van der Waals surface area contributed by atoms with Crippen LogP contribution in [0.3, 0.4) is 0 Å². The zero-order chi connectivity index (χ0) is 29.0. The summed E-state index contributed by atoms with van der Waals surface area (Å²) < 4.78 is 12.8. The van der Waals surface area contributed by atoms with Gasteiger partial charge >= 0.3 is 0 Å². The van der Waals surface area contributed by atoms with Crippen molar-refractivity contribution in [1.29, 1.82) is 0 Å². The second-order valence-corrected chi connectivity index (χ2v) is 11.0. The molecule has 3 N–H and O–H groups in total. The summed E-state index contributed by atoms with van der Waals surface area (Å²) in [7, 11) is 0. The molecular formula is C30H46ClN9O3. The van der Waals surface area contributed by atoms with Gasteiger partial charge in [0, 0.05) is 77.8 Å². The van der Waals surface area contributed by atoms with Gasteiger partial charge in [0.15, 0.2) is 11.5 Å². The number of fused-ring (bicyclic) bond motifs is 1. The molecule has 0 atom stereocenters. The Kier molecular flexibility index (Phi) is 13.4. The van der Waals surface area contributed by atoms with Gasteiger partial charge < -0.3 is 25.4 Å². The number of benzene rings is 1. The van der Waals surface area contributed by atoms with Crippen LogP contribution < -0.4 is 16.0 Å². The molecule has 0 spiro atoms. The normalized spacial score (nSPS) is 16.8. The first-order valence-corrected chi connectivity index (χ1v) is 15.3. The summed E-state index contributed by atoms with van der Waals surface area (Å²) in [5, 5.41) is 16.7. The molecule has 2 aromatic heterocycles. The van der Waals surface area contributed by atoms with Crippen molar-refractivity contribution in [2.24, 2.45) is 5.73 Å². The minimum Gasteiger partial charge on any atom is -0.378 e. The number of aryl methyl sites for hydroxylation is 1. The molecule has 2 saturated heterocycles. The van der Waals surface area contributed by atoms with Crippen LogP contribution in [-0.2, 0) is 27.2 Å². The molecule has 0 unspecified atom stereocenters. The number of piperidine rings is 1. The molecule has 0 bridgehead atoms. The predicted octanol–water partition coefficient (Wildman–Crippen LogP) is 1.37. The van der Waals surface area contributed by atoms with Crippen molar-refractivity contribution in [1.82, 2.24) is 34.9 Å². The number of rotatable bonds is 15. The van der Waals surface area contributed by atoms with Crippen LogP contribution in [0.25, 0.3) is 5.65 Å². The van der Waals surface area contributed by atoms with Crippen molar-refractivity contribution in [3.05, 3.63) is 53.9 Å². The monoisotopic (exact) mass is 615 g/mol. The standard InChI is InChI=1S/C30H45N9O3.ClH/c31-12-20-41-22-23-42-21-19-36-15-17-38(18-16-36)29-7-6-27-33-34-28(39(27)35-29)8-9-30(40)32-26-10-13-37(14-11-26)24-25-4-2-1-3-5-25;/h1-7,26H,8-24,31H2,(H,32,40);1H. The number of hydrogen-bond acceptors (Lipinski definition) is 10. The maximum Gasteiger partial charge on any atom is 0.220 e. The molecule has 2 aliphatic heterocycles. The Balaban J connectivity index is 0.00000423. The second kappa shape index (κ2) is 17.4. The summed E-state index contributed by atoms with van der Waals surface area (Å²) in [6, 6.07) is 14.7. The van der Waals surface area contributed by atoms with Crippen molar-refractivity contribution in [2.45, 2.75) is 38.3 Å². The van der Waals surface area contributed by atoms with Gasteiger partial charge in [0.25, 0.3) is 0 Å². The summed E-state index contributed by atoms with van der Waals surface area (Å²) >= 11 is 0. The number of nitrogens with two attached hydrogens (primary N) is 1. The molecule has 0 saturated carbocycles. The van der Waals surface area contributed by atoms with Gasteiger partial charge in [0.05, 0.1) is 26.4 Å².